The number of pyridine rings is 1. The second kappa shape index (κ2) is 3.66. The molecule has 0 amide bonds. The Kier molecular flexibility index (Phi) is 2.59. The van der Waals surface area contributed by atoms with Crippen molar-refractivity contribution in [1.29, 1.82) is 0 Å². The first-order valence-corrected chi connectivity index (χ1v) is 3.41. The summed E-state index contributed by atoms with van der Waals surface area (Å²) in [6, 6.07) is 1.08. The van der Waals surface area contributed by atoms with Gasteiger partial charge in [0.15, 0.2) is 0 Å². The van der Waals surface area contributed by atoms with Crippen molar-refractivity contribution in [2.75, 3.05) is 5.73 Å². The molecule has 1 aromatic rings. The smallest absolute Gasteiger partial charge is 0.328 e. The summed E-state index contributed by atoms with van der Waals surface area (Å²) >= 11 is 0. The van der Waals surface area contributed by atoms with Crippen LogP contribution in [0.15, 0.2) is 18.3 Å². The van der Waals surface area contributed by atoms with E-state index < -0.39 is 11.8 Å². The highest BCUT2D eigenvalue weighted by Crippen LogP contribution is 2.11. The molecule has 0 aliphatic rings. The first-order valence-electron chi connectivity index (χ1n) is 3.41. The van der Waals surface area contributed by atoms with Crippen LogP contribution in [0.4, 0.5) is 10.1 Å². The molecule has 0 radical (unpaired) electrons. The second-order valence-electron chi connectivity index (χ2n) is 2.30. The zero-order valence-electron chi connectivity index (χ0n) is 6.57. The molecule has 0 bridgehead atoms. The molecule has 0 aromatic carbocycles. The van der Waals surface area contributed by atoms with E-state index in [4.69, 9.17) is 10.8 Å². The quantitative estimate of drug-likeness (QED) is 0.666. The SMILES string of the molecule is Nc1cc(F)cnc1/C=C/C(=O)O. The van der Waals surface area contributed by atoms with Crippen molar-refractivity contribution in [3.05, 3.63) is 29.9 Å². The van der Waals surface area contributed by atoms with Crippen molar-refractivity contribution in [2.45, 2.75) is 0 Å². The highest BCUT2D eigenvalue weighted by Gasteiger charge is 1.98. The molecule has 68 valence electrons. The number of carbonyl (C=O) groups is 1. The van der Waals surface area contributed by atoms with Crippen LogP contribution in [-0.4, -0.2) is 16.1 Å². The van der Waals surface area contributed by atoms with Crippen molar-refractivity contribution in [2.24, 2.45) is 0 Å². The number of hydrogen-bond acceptors (Lipinski definition) is 3. The molecule has 0 unspecified atom stereocenters. The molecule has 0 fully saturated rings. The number of hydrogen-bond donors (Lipinski definition) is 2. The Morgan fingerprint density at radius 1 is 1.69 bits per heavy atom. The van der Waals surface area contributed by atoms with Crippen LogP contribution < -0.4 is 5.73 Å². The molecule has 0 aliphatic carbocycles. The van der Waals surface area contributed by atoms with Gasteiger partial charge in [0.05, 0.1) is 17.6 Å². The monoisotopic (exact) mass is 182 g/mol. The highest BCUT2D eigenvalue weighted by molar-refractivity contribution is 5.85. The Morgan fingerprint density at radius 3 is 2.92 bits per heavy atom. The van der Waals surface area contributed by atoms with Gasteiger partial charge in [-0.2, -0.15) is 0 Å². The fourth-order valence-electron chi connectivity index (χ4n) is 0.755. The van der Waals surface area contributed by atoms with E-state index >= 15 is 0 Å². The highest BCUT2D eigenvalue weighted by atomic mass is 19.1. The Bertz CT molecular complexity index is 363. The molecule has 1 aromatic heterocycles. The third-order valence-electron chi connectivity index (χ3n) is 1.30. The predicted octanol–water partition coefficient (Wildman–Crippen LogP) is 0.901. The topological polar surface area (TPSA) is 76.2 Å². The van der Waals surface area contributed by atoms with Crippen LogP contribution in [0, 0.1) is 5.82 Å². The maximum Gasteiger partial charge on any atom is 0.328 e. The summed E-state index contributed by atoms with van der Waals surface area (Å²) in [6.45, 7) is 0. The van der Waals surface area contributed by atoms with E-state index in [1.807, 2.05) is 0 Å². The van der Waals surface area contributed by atoms with Gasteiger partial charge in [0.25, 0.3) is 0 Å². The van der Waals surface area contributed by atoms with Crippen molar-refractivity contribution >= 4 is 17.7 Å². The van der Waals surface area contributed by atoms with Crippen molar-refractivity contribution in [1.82, 2.24) is 4.98 Å². The average Bonchev–Trinajstić information content (AvgIpc) is 2.02. The lowest BCUT2D eigenvalue weighted by Crippen LogP contribution is -1.95. The van der Waals surface area contributed by atoms with E-state index in [1.54, 1.807) is 0 Å². The molecular formula is C8H7FN2O2. The van der Waals surface area contributed by atoms with Crippen molar-refractivity contribution in [3.63, 3.8) is 0 Å². The summed E-state index contributed by atoms with van der Waals surface area (Å²) in [4.78, 5) is 13.7. The van der Waals surface area contributed by atoms with Crippen molar-refractivity contribution in [3.8, 4) is 0 Å². The number of nitrogens with two attached hydrogens (primary N) is 1. The summed E-state index contributed by atoms with van der Waals surface area (Å²) in [6.07, 6.45) is 3.06. The van der Waals surface area contributed by atoms with Gasteiger partial charge in [0.2, 0.25) is 0 Å². The van der Waals surface area contributed by atoms with Gasteiger partial charge in [0.1, 0.15) is 5.82 Å². The normalized spacial score (nSPS) is 10.5. The standard InChI is InChI=1S/C8H7FN2O2/c9-5-3-6(10)7(11-4-5)1-2-8(12)13/h1-4H,10H2,(H,12,13)/b2-1+. The van der Waals surface area contributed by atoms with Gasteiger partial charge < -0.3 is 10.8 Å². The van der Waals surface area contributed by atoms with Gasteiger partial charge in [0, 0.05) is 12.1 Å². The molecule has 0 aliphatic heterocycles. The molecule has 0 spiro atoms. The van der Waals surface area contributed by atoms with Gasteiger partial charge in [-0.1, -0.05) is 0 Å². The second-order valence-corrected chi connectivity index (χ2v) is 2.30. The number of aromatic nitrogens is 1. The van der Waals surface area contributed by atoms with Crippen LogP contribution >= 0.6 is 0 Å². The van der Waals surface area contributed by atoms with E-state index in [2.05, 4.69) is 4.98 Å². The summed E-state index contributed by atoms with van der Waals surface area (Å²) in [5, 5.41) is 8.29. The molecular weight excluding hydrogens is 175 g/mol. The lowest BCUT2D eigenvalue weighted by Gasteiger charge is -1.97. The minimum absolute atomic E-state index is 0.109. The number of halogens is 1. The number of aliphatic carboxylic acids is 1. The molecule has 5 heteroatoms. The number of rotatable bonds is 2. The summed E-state index contributed by atoms with van der Waals surface area (Å²) < 4.78 is 12.5. The molecule has 3 N–H and O–H groups in total. The van der Waals surface area contributed by atoms with Gasteiger partial charge in [-0.25, -0.2) is 9.18 Å². The molecule has 0 saturated heterocycles. The summed E-state index contributed by atoms with van der Waals surface area (Å²) in [5.74, 6) is -1.66. The molecule has 13 heavy (non-hydrogen) atoms. The van der Waals surface area contributed by atoms with E-state index in [0.29, 0.717) is 0 Å². The third kappa shape index (κ3) is 2.55. The van der Waals surface area contributed by atoms with E-state index in [1.165, 1.54) is 6.08 Å². The Hall–Kier alpha value is -1.91. The number of carboxylic acid groups (broad SMARTS) is 1. The summed E-state index contributed by atoms with van der Waals surface area (Å²) in [5.41, 5.74) is 5.71. The number of nitrogens with zero attached hydrogens (tertiary/aromatic N) is 1. The Labute approximate surface area is 73.5 Å². The average molecular weight is 182 g/mol. The van der Waals surface area contributed by atoms with Gasteiger partial charge in [-0.3, -0.25) is 4.98 Å². The minimum atomic E-state index is -1.11. The maximum absolute atomic E-state index is 12.5. The van der Waals surface area contributed by atoms with Crippen LogP contribution in [-0.2, 0) is 4.79 Å². The van der Waals surface area contributed by atoms with Crippen molar-refractivity contribution < 1.29 is 14.3 Å². The number of anilines is 1. The van der Waals surface area contributed by atoms with E-state index in [9.17, 15) is 9.18 Å². The van der Waals surface area contributed by atoms with Crippen LogP contribution in [0.3, 0.4) is 0 Å². The largest absolute Gasteiger partial charge is 0.478 e. The lowest BCUT2D eigenvalue weighted by molar-refractivity contribution is -0.131. The molecule has 1 rings (SSSR count). The van der Waals surface area contributed by atoms with Gasteiger partial charge in [-0.15, -0.1) is 0 Å². The van der Waals surface area contributed by atoms with E-state index in [-0.39, 0.29) is 11.4 Å². The molecule has 1 heterocycles. The number of carboxylic acids is 1. The molecule has 0 saturated carbocycles. The Morgan fingerprint density at radius 2 is 2.38 bits per heavy atom. The Balaban J connectivity index is 2.96. The lowest BCUT2D eigenvalue weighted by atomic mass is 10.3. The van der Waals surface area contributed by atoms with E-state index in [0.717, 1.165) is 18.3 Å². The first kappa shape index (κ1) is 9.18. The van der Waals surface area contributed by atoms with Gasteiger partial charge >= 0.3 is 5.97 Å². The van der Waals surface area contributed by atoms with Crippen LogP contribution in [0.2, 0.25) is 0 Å². The molecule has 4 nitrogen and oxygen atoms in total. The minimum Gasteiger partial charge on any atom is -0.478 e. The molecule has 0 atom stereocenters. The summed E-state index contributed by atoms with van der Waals surface area (Å²) in [7, 11) is 0. The van der Waals surface area contributed by atoms with Crippen LogP contribution in [0.1, 0.15) is 5.69 Å². The first-order chi connectivity index (χ1) is 6.09. The fraction of sp³-hybridized carbons (Fsp3) is 0. The third-order valence-corrected chi connectivity index (χ3v) is 1.30. The van der Waals surface area contributed by atoms with Crippen LogP contribution in [0.25, 0.3) is 6.08 Å². The number of nitrogen functional groups attached to an aromatic ring is 1. The fourth-order valence-corrected chi connectivity index (χ4v) is 0.755. The van der Waals surface area contributed by atoms with Crippen LogP contribution in [0.5, 0.6) is 0 Å². The zero-order chi connectivity index (χ0) is 9.84. The van der Waals surface area contributed by atoms with Gasteiger partial charge in [-0.05, 0) is 6.08 Å². The zero-order valence-corrected chi connectivity index (χ0v) is 6.57. The maximum atomic E-state index is 12.5. The predicted molar refractivity (Wildman–Crippen MR) is 45.3 cm³/mol.